The van der Waals surface area contributed by atoms with Gasteiger partial charge in [0.2, 0.25) is 0 Å². The maximum absolute atomic E-state index is 14.8. The van der Waals surface area contributed by atoms with Crippen molar-refractivity contribution in [1.29, 1.82) is 0 Å². The number of carbonyl (C=O) groups is 1. The zero-order valence-corrected chi connectivity index (χ0v) is 28.8. The Kier molecular flexibility index (Phi) is 8.79. The molecule has 0 aliphatic carbocycles. The van der Waals surface area contributed by atoms with Crippen molar-refractivity contribution < 1.29 is 23.7 Å². The number of methoxy groups -OCH3 is 4. The van der Waals surface area contributed by atoms with E-state index in [2.05, 4.69) is 83.0 Å². The van der Waals surface area contributed by atoms with Crippen molar-refractivity contribution in [2.45, 2.75) is 52.4 Å². The third kappa shape index (κ3) is 5.94. The Bertz CT molecular complexity index is 1710. The van der Waals surface area contributed by atoms with Crippen LogP contribution in [0.3, 0.4) is 0 Å². The molecule has 0 aliphatic rings. The first-order valence-electron chi connectivity index (χ1n) is 15.0. The van der Waals surface area contributed by atoms with Gasteiger partial charge in [-0.15, -0.1) is 0 Å². The van der Waals surface area contributed by atoms with E-state index in [1.54, 1.807) is 33.0 Å². The molecule has 0 saturated carbocycles. The molecule has 0 radical (unpaired) electrons. The van der Waals surface area contributed by atoms with E-state index in [4.69, 9.17) is 18.9 Å². The first-order chi connectivity index (χ1) is 21.3. The van der Waals surface area contributed by atoms with Gasteiger partial charge >= 0.3 is 6.03 Å². The molecule has 0 fully saturated rings. The van der Waals surface area contributed by atoms with Crippen LogP contribution in [0.4, 0.5) is 4.79 Å². The average Bonchev–Trinajstić information content (AvgIpc) is 3.35. The van der Waals surface area contributed by atoms with Crippen LogP contribution in [0.2, 0.25) is 0 Å². The summed E-state index contributed by atoms with van der Waals surface area (Å²) in [6.07, 6.45) is 0. The molecule has 5 rings (SSSR count). The van der Waals surface area contributed by atoms with Crippen molar-refractivity contribution >= 4 is 46.5 Å². The van der Waals surface area contributed by atoms with E-state index in [9.17, 15) is 4.79 Å². The SMILES string of the molecule is COc1cccc(OC)c1P(NC(=O)n1c2ccc(C(C)(C)C)cc2c2cc(C(C)(C)C)ccc21)c1c(OC)cccc1OC. The van der Waals surface area contributed by atoms with E-state index in [0.717, 1.165) is 21.8 Å². The highest BCUT2D eigenvalue weighted by atomic mass is 31.1. The Morgan fingerprint density at radius 1 is 0.600 bits per heavy atom. The van der Waals surface area contributed by atoms with Crippen LogP contribution >= 0.6 is 8.07 Å². The molecular weight excluding hydrogens is 583 g/mol. The zero-order valence-electron chi connectivity index (χ0n) is 27.9. The third-order valence-electron chi connectivity index (χ3n) is 8.16. The molecule has 0 bridgehead atoms. The smallest absolute Gasteiger partial charge is 0.330 e. The van der Waals surface area contributed by atoms with Crippen LogP contribution in [0, 0.1) is 0 Å². The highest BCUT2D eigenvalue weighted by molar-refractivity contribution is 7.72. The summed E-state index contributed by atoms with van der Waals surface area (Å²) in [7, 11) is 4.76. The Balaban J connectivity index is 1.79. The van der Waals surface area contributed by atoms with Crippen molar-refractivity contribution in [1.82, 2.24) is 9.65 Å². The standard InChI is InChI=1S/C37H43N2O5P/c1-36(2,3)23-17-19-27-25(21-23)26-22-24(37(4,5)6)18-20-28(26)39(27)35(40)38-45(33-29(41-7)13-11-14-30(33)42-8)34-31(43-9)15-12-16-32(34)44-10/h11-22H,1-10H3,(H,38,40). The number of hydrogen-bond donors (Lipinski definition) is 1. The largest absolute Gasteiger partial charge is 0.496 e. The molecule has 1 amide bonds. The topological polar surface area (TPSA) is 71.0 Å². The molecule has 1 N–H and O–H groups in total. The lowest BCUT2D eigenvalue weighted by Crippen LogP contribution is -2.33. The van der Waals surface area contributed by atoms with E-state index in [1.807, 2.05) is 36.4 Å². The number of nitrogens with zero attached hydrogens (tertiary/aromatic N) is 1. The molecule has 8 heteroatoms. The Labute approximate surface area is 267 Å². The molecule has 0 spiro atoms. The van der Waals surface area contributed by atoms with Crippen molar-refractivity contribution in [2.24, 2.45) is 0 Å². The highest BCUT2D eigenvalue weighted by Crippen LogP contribution is 2.44. The van der Waals surface area contributed by atoms with E-state index >= 15 is 0 Å². The molecule has 1 aromatic heterocycles. The second kappa shape index (κ2) is 12.3. The number of hydrogen-bond acceptors (Lipinski definition) is 5. The summed E-state index contributed by atoms with van der Waals surface area (Å²) in [5.74, 6) is 2.34. The van der Waals surface area contributed by atoms with Crippen LogP contribution in [0.15, 0.2) is 72.8 Å². The predicted molar refractivity (Wildman–Crippen MR) is 186 cm³/mol. The number of fused-ring (bicyclic) bond motifs is 3. The molecule has 0 atom stereocenters. The van der Waals surface area contributed by atoms with Crippen LogP contribution < -0.4 is 34.6 Å². The van der Waals surface area contributed by atoms with Crippen LogP contribution in [-0.4, -0.2) is 39.0 Å². The molecular formula is C37H43N2O5P. The summed E-state index contributed by atoms with van der Waals surface area (Å²) in [5.41, 5.74) is 3.96. The van der Waals surface area contributed by atoms with Crippen molar-refractivity contribution in [3.63, 3.8) is 0 Å². The fourth-order valence-corrected chi connectivity index (χ4v) is 7.93. The third-order valence-corrected chi connectivity index (χ3v) is 10.3. The molecule has 0 unspecified atom stereocenters. The average molecular weight is 627 g/mol. The van der Waals surface area contributed by atoms with Crippen molar-refractivity contribution in [2.75, 3.05) is 28.4 Å². The first-order valence-corrected chi connectivity index (χ1v) is 16.3. The highest BCUT2D eigenvalue weighted by Gasteiger charge is 2.32. The van der Waals surface area contributed by atoms with Gasteiger partial charge in [-0.25, -0.2) is 4.79 Å². The normalized spacial score (nSPS) is 12.1. The molecule has 5 aromatic rings. The Morgan fingerprint density at radius 2 is 0.956 bits per heavy atom. The molecule has 45 heavy (non-hydrogen) atoms. The predicted octanol–water partition coefficient (Wildman–Crippen LogP) is 8.03. The molecule has 7 nitrogen and oxygen atoms in total. The second-order valence-corrected chi connectivity index (χ2v) is 14.9. The molecule has 1 heterocycles. The van der Waals surface area contributed by atoms with Crippen molar-refractivity contribution in [3.8, 4) is 23.0 Å². The van der Waals surface area contributed by atoms with Crippen molar-refractivity contribution in [3.05, 3.63) is 83.9 Å². The molecule has 0 saturated heterocycles. The van der Waals surface area contributed by atoms with Crippen LogP contribution in [0.25, 0.3) is 21.8 Å². The number of rotatable bonds is 7. The van der Waals surface area contributed by atoms with Crippen LogP contribution in [0.5, 0.6) is 23.0 Å². The quantitative estimate of drug-likeness (QED) is 0.185. The van der Waals surface area contributed by atoms with Gasteiger partial charge in [-0.3, -0.25) is 4.57 Å². The molecule has 0 aliphatic heterocycles. The van der Waals surface area contributed by atoms with Crippen LogP contribution in [0.1, 0.15) is 52.7 Å². The van der Waals surface area contributed by atoms with Gasteiger partial charge in [0.05, 0.1) is 58.2 Å². The van der Waals surface area contributed by atoms with Gasteiger partial charge in [-0.1, -0.05) is 65.8 Å². The lowest BCUT2D eigenvalue weighted by molar-refractivity contribution is 0.249. The summed E-state index contributed by atoms with van der Waals surface area (Å²) < 4.78 is 25.1. The first kappa shape index (κ1) is 32.2. The van der Waals surface area contributed by atoms with Gasteiger partial charge in [0.1, 0.15) is 23.0 Å². The summed E-state index contributed by atoms with van der Waals surface area (Å²) in [5, 5.41) is 6.88. The van der Waals surface area contributed by atoms with Gasteiger partial charge in [0, 0.05) is 10.8 Å². The maximum atomic E-state index is 14.8. The summed E-state index contributed by atoms with van der Waals surface area (Å²) in [6.45, 7) is 13.2. The number of amides is 1. The minimum atomic E-state index is -1.68. The number of benzene rings is 4. The Morgan fingerprint density at radius 3 is 1.27 bits per heavy atom. The van der Waals surface area contributed by atoms with E-state index < -0.39 is 8.07 Å². The summed E-state index contributed by atoms with van der Waals surface area (Å²) >= 11 is 0. The molecule has 4 aromatic carbocycles. The second-order valence-electron chi connectivity index (χ2n) is 13.1. The van der Waals surface area contributed by atoms with E-state index in [0.29, 0.717) is 33.6 Å². The van der Waals surface area contributed by atoms with E-state index in [1.165, 1.54) is 11.1 Å². The lowest BCUT2D eigenvalue weighted by atomic mass is 9.85. The minimum absolute atomic E-state index is 0.0539. The van der Waals surface area contributed by atoms with Gasteiger partial charge < -0.3 is 24.0 Å². The number of aromatic nitrogens is 1. The van der Waals surface area contributed by atoms with Gasteiger partial charge in [-0.05, 0) is 70.5 Å². The zero-order chi connectivity index (χ0) is 32.7. The molecule has 236 valence electrons. The number of ether oxygens (including phenoxy) is 4. The van der Waals surface area contributed by atoms with Gasteiger partial charge in [-0.2, -0.15) is 0 Å². The monoisotopic (exact) mass is 626 g/mol. The maximum Gasteiger partial charge on any atom is 0.330 e. The van der Waals surface area contributed by atoms with E-state index in [-0.39, 0.29) is 16.9 Å². The summed E-state index contributed by atoms with van der Waals surface area (Å²) in [4.78, 5) is 14.8. The van der Waals surface area contributed by atoms with Gasteiger partial charge in [0.25, 0.3) is 0 Å². The number of carbonyl (C=O) groups excluding carboxylic acids is 1. The van der Waals surface area contributed by atoms with Gasteiger partial charge in [0.15, 0.2) is 0 Å². The number of nitrogens with one attached hydrogen (secondary N) is 1. The lowest BCUT2D eigenvalue weighted by Gasteiger charge is -2.26. The fourth-order valence-electron chi connectivity index (χ4n) is 5.65. The Hall–Kier alpha value is -4.22. The summed E-state index contributed by atoms with van der Waals surface area (Å²) in [6, 6.07) is 23.7. The van der Waals surface area contributed by atoms with Crippen LogP contribution in [-0.2, 0) is 10.8 Å². The minimum Gasteiger partial charge on any atom is -0.496 e. The fraction of sp³-hybridized carbons (Fsp3) is 0.324.